The van der Waals surface area contributed by atoms with Gasteiger partial charge < -0.3 is 4.18 Å². The molecular formula is C16H12LiO3S. The first-order valence-corrected chi connectivity index (χ1v) is 7.48. The molecule has 0 N–H and O–H groups in total. The fourth-order valence-corrected chi connectivity index (χ4v) is 3.27. The summed E-state index contributed by atoms with van der Waals surface area (Å²) in [5.74, 6) is 0. The molecule has 0 heterocycles. The average Bonchev–Trinajstić information content (AvgIpc) is 2.44. The third-order valence-corrected chi connectivity index (χ3v) is 4.45. The van der Waals surface area contributed by atoms with Crippen LogP contribution in [0.2, 0.25) is 0 Å². The fourth-order valence-electron chi connectivity index (χ4n) is 2.30. The van der Waals surface area contributed by atoms with Crippen molar-refractivity contribution in [2.75, 3.05) is 0 Å². The molecule has 3 nitrogen and oxygen atoms in total. The summed E-state index contributed by atoms with van der Waals surface area (Å²) in [5, 5.41) is 3.56. The molecule has 3 aromatic carbocycles. The summed E-state index contributed by atoms with van der Waals surface area (Å²) in [6, 6.07) is 16.8. The topological polar surface area (TPSA) is 43.4 Å². The van der Waals surface area contributed by atoms with Gasteiger partial charge >= 0.3 is 10.1 Å². The first-order valence-electron chi connectivity index (χ1n) is 6.07. The van der Waals surface area contributed by atoms with Gasteiger partial charge in [-0.2, -0.15) is 8.42 Å². The molecule has 3 aromatic rings. The summed E-state index contributed by atoms with van der Waals surface area (Å²) in [6.45, 7) is 3.30. The van der Waals surface area contributed by atoms with Crippen LogP contribution in [-0.2, 0) is 14.3 Å². The van der Waals surface area contributed by atoms with Crippen molar-refractivity contribution in [3.05, 3.63) is 67.4 Å². The van der Waals surface area contributed by atoms with Crippen molar-refractivity contribution in [1.29, 1.82) is 0 Å². The average molecular weight is 291 g/mol. The van der Waals surface area contributed by atoms with Gasteiger partial charge in [0.1, 0.15) is 4.90 Å². The van der Waals surface area contributed by atoms with Gasteiger partial charge in [0, 0.05) is 24.2 Å². The summed E-state index contributed by atoms with van der Waals surface area (Å²) in [6.07, 6.45) is 0.926. The maximum atomic E-state index is 12.1. The van der Waals surface area contributed by atoms with Crippen LogP contribution in [0.15, 0.2) is 72.3 Å². The fraction of sp³-hybridized carbons (Fsp3) is 0. The maximum Gasteiger partial charge on any atom is 0.339 e. The van der Waals surface area contributed by atoms with Gasteiger partial charge in [0.25, 0.3) is 0 Å². The first kappa shape index (κ1) is 15.7. The number of hydrogen-bond acceptors (Lipinski definition) is 3. The Labute approximate surface area is 135 Å². The Morgan fingerprint density at radius 1 is 0.905 bits per heavy atom. The van der Waals surface area contributed by atoms with Gasteiger partial charge in [-0.15, -0.1) is 0 Å². The second kappa shape index (κ2) is 5.95. The maximum absolute atomic E-state index is 12.1. The zero-order valence-electron chi connectivity index (χ0n) is 11.6. The molecule has 0 aliphatic heterocycles. The van der Waals surface area contributed by atoms with Crippen molar-refractivity contribution in [3.8, 4) is 0 Å². The van der Waals surface area contributed by atoms with Crippen LogP contribution >= 0.6 is 0 Å². The van der Waals surface area contributed by atoms with Crippen molar-refractivity contribution in [2.45, 2.75) is 4.90 Å². The molecule has 21 heavy (non-hydrogen) atoms. The van der Waals surface area contributed by atoms with E-state index in [1.807, 2.05) is 42.5 Å². The van der Waals surface area contributed by atoms with Gasteiger partial charge in [0.2, 0.25) is 0 Å². The van der Waals surface area contributed by atoms with Crippen molar-refractivity contribution in [1.82, 2.24) is 0 Å². The summed E-state index contributed by atoms with van der Waals surface area (Å²) < 4.78 is 28.8. The van der Waals surface area contributed by atoms with Crippen LogP contribution in [-0.4, -0.2) is 27.3 Å². The minimum Gasteiger partial charge on any atom is -0.388 e. The van der Waals surface area contributed by atoms with Gasteiger partial charge in [-0.05, 0) is 34.4 Å². The largest absolute Gasteiger partial charge is 0.388 e. The molecule has 101 valence electrons. The summed E-state index contributed by atoms with van der Waals surface area (Å²) in [4.78, 5) is 0.153. The van der Waals surface area contributed by atoms with Crippen molar-refractivity contribution >= 4 is 50.5 Å². The number of fused-ring (bicyclic) bond motifs is 2. The van der Waals surface area contributed by atoms with Crippen molar-refractivity contribution in [3.63, 3.8) is 0 Å². The zero-order chi connectivity index (χ0) is 14.2. The Kier molecular flexibility index (Phi) is 4.43. The molecule has 0 bridgehead atoms. The Hall–Kier alpha value is -1.73. The van der Waals surface area contributed by atoms with E-state index in [1.54, 1.807) is 6.07 Å². The van der Waals surface area contributed by atoms with Gasteiger partial charge in [-0.1, -0.05) is 43.0 Å². The third-order valence-electron chi connectivity index (χ3n) is 3.17. The van der Waals surface area contributed by atoms with E-state index in [-0.39, 0.29) is 23.8 Å². The molecule has 0 atom stereocenters. The Morgan fingerprint density at radius 2 is 1.52 bits per heavy atom. The molecule has 3 rings (SSSR count). The number of rotatable bonds is 3. The van der Waals surface area contributed by atoms with Gasteiger partial charge in [0.15, 0.2) is 0 Å². The van der Waals surface area contributed by atoms with E-state index in [2.05, 4.69) is 10.8 Å². The minimum absolute atomic E-state index is 0. The Balaban J connectivity index is 0.00000161. The summed E-state index contributed by atoms with van der Waals surface area (Å²) in [5.41, 5.74) is 0. The summed E-state index contributed by atoms with van der Waals surface area (Å²) in [7, 11) is -3.82. The number of hydrogen-bond donors (Lipinski definition) is 0. The van der Waals surface area contributed by atoms with Crippen LogP contribution in [0, 0.1) is 0 Å². The van der Waals surface area contributed by atoms with Gasteiger partial charge in [-0.3, -0.25) is 0 Å². The van der Waals surface area contributed by atoms with Crippen LogP contribution in [0.1, 0.15) is 0 Å². The van der Waals surface area contributed by atoms with E-state index in [9.17, 15) is 8.42 Å². The molecule has 0 fully saturated rings. The van der Waals surface area contributed by atoms with Crippen molar-refractivity contribution < 1.29 is 12.6 Å². The van der Waals surface area contributed by atoms with Crippen LogP contribution in [0.5, 0.6) is 0 Å². The third kappa shape index (κ3) is 2.84. The van der Waals surface area contributed by atoms with Crippen LogP contribution in [0.4, 0.5) is 0 Å². The molecule has 1 radical (unpaired) electrons. The van der Waals surface area contributed by atoms with E-state index in [4.69, 9.17) is 0 Å². The molecular weight excluding hydrogens is 279 g/mol. The van der Waals surface area contributed by atoms with Gasteiger partial charge in [-0.25, -0.2) is 0 Å². The normalized spacial score (nSPS) is 11.0. The van der Waals surface area contributed by atoms with Gasteiger partial charge in [0.05, 0.1) is 6.26 Å². The van der Waals surface area contributed by atoms with Crippen molar-refractivity contribution in [2.24, 2.45) is 0 Å². The molecule has 0 aromatic heterocycles. The van der Waals surface area contributed by atoms with E-state index in [0.29, 0.717) is 5.39 Å². The summed E-state index contributed by atoms with van der Waals surface area (Å²) >= 11 is 0. The molecule has 0 unspecified atom stereocenters. The van der Waals surface area contributed by atoms with E-state index in [1.165, 1.54) is 6.07 Å². The molecule has 0 amide bonds. The molecule has 0 saturated heterocycles. The molecule has 0 aliphatic carbocycles. The standard InChI is InChI=1S/C16H12O3S.Li/c1-2-19-20(17,18)16-9-5-8-14-10-12-6-3-4-7-13(12)11-15(14)16;/h2-11H,1H2;. The smallest absolute Gasteiger partial charge is 0.339 e. The molecule has 0 spiro atoms. The second-order valence-corrected chi connectivity index (χ2v) is 5.93. The molecule has 0 aliphatic rings. The van der Waals surface area contributed by atoms with E-state index >= 15 is 0 Å². The monoisotopic (exact) mass is 291 g/mol. The predicted molar refractivity (Wildman–Crippen MR) is 85.7 cm³/mol. The SMILES string of the molecule is C=COS(=O)(=O)c1cccc2cc3ccccc3cc12.[Li]. The predicted octanol–water partition coefficient (Wildman–Crippen LogP) is 3.46. The molecule has 0 saturated carbocycles. The minimum atomic E-state index is -3.82. The Morgan fingerprint density at radius 3 is 2.19 bits per heavy atom. The molecule has 5 heteroatoms. The number of benzene rings is 3. The van der Waals surface area contributed by atoms with E-state index in [0.717, 1.165) is 22.4 Å². The second-order valence-electron chi connectivity index (χ2n) is 4.39. The Bertz CT molecular complexity index is 917. The first-order chi connectivity index (χ1) is 9.62. The quantitative estimate of drug-likeness (QED) is 0.321. The van der Waals surface area contributed by atoms with Crippen LogP contribution in [0.25, 0.3) is 21.5 Å². The van der Waals surface area contributed by atoms with Crippen LogP contribution in [0.3, 0.4) is 0 Å². The van der Waals surface area contributed by atoms with Crippen LogP contribution < -0.4 is 0 Å². The van der Waals surface area contributed by atoms with E-state index < -0.39 is 10.1 Å². The zero-order valence-corrected chi connectivity index (χ0v) is 12.4.